The first-order chi connectivity index (χ1) is 10.0. The standard InChI is InChI=1S/C17H24F3N/c1-2-21-16(12-13-8-4-3-5-9-13)14-10-6-7-11-15(14)17(18,19)20/h3-5,8-9,14-16,21H,2,6-7,10-12H2,1H3. The topological polar surface area (TPSA) is 12.0 Å². The van der Waals surface area contributed by atoms with Crippen LogP contribution in [-0.2, 0) is 6.42 Å². The van der Waals surface area contributed by atoms with Gasteiger partial charge in [0.1, 0.15) is 0 Å². The van der Waals surface area contributed by atoms with Crippen molar-refractivity contribution in [2.75, 3.05) is 6.54 Å². The maximum absolute atomic E-state index is 13.3. The molecule has 0 bridgehead atoms. The molecule has 0 radical (unpaired) electrons. The van der Waals surface area contributed by atoms with E-state index >= 15 is 0 Å². The lowest BCUT2D eigenvalue weighted by atomic mass is 9.73. The molecule has 1 N–H and O–H groups in total. The maximum Gasteiger partial charge on any atom is 0.392 e. The van der Waals surface area contributed by atoms with Gasteiger partial charge in [-0.05, 0) is 37.3 Å². The van der Waals surface area contributed by atoms with Gasteiger partial charge < -0.3 is 5.32 Å². The average Bonchev–Trinajstić information content (AvgIpc) is 2.47. The highest BCUT2D eigenvalue weighted by Gasteiger charge is 2.47. The van der Waals surface area contributed by atoms with Crippen LogP contribution in [0.1, 0.15) is 38.2 Å². The summed E-state index contributed by atoms with van der Waals surface area (Å²) in [4.78, 5) is 0. The molecular formula is C17H24F3N. The van der Waals surface area contributed by atoms with E-state index in [1.807, 2.05) is 37.3 Å². The van der Waals surface area contributed by atoms with E-state index in [9.17, 15) is 13.2 Å². The summed E-state index contributed by atoms with van der Waals surface area (Å²) < 4.78 is 39.9. The summed E-state index contributed by atoms with van der Waals surface area (Å²) in [7, 11) is 0. The van der Waals surface area contributed by atoms with Crippen LogP contribution >= 0.6 is 0 Å². The molecule has 0 aliphatic heterocycles. The maximum atomic E-state index is 13.3. The van der Waals surface area contributed by atoms with Gasteiger partial charge in [0.2, 0.25) is 0 Å². The molecule has 1 aliphatic rings. The lowest BCUT2D eigenvalue weighted by molar-refractivity contribution is -0.199. The molecule has 3 unspecified atom stereocenters. The van der Waals surface area contributed by atoms with Crippen molar-refractivity contribution in [2.24, 2.45) is 11.8 Å². The fourth-order valence-corrected chi connectivity index (χ4v) is 3.55. The Labute approximate surface area is 124 Å². The lowest BCUT2D eigenvalue weighted by Crippen LogP contribution is -2.46. The Kier molecular flexibility index (Phi) is 5.68. The summed E-state index contributed by atoms with van der Waals surface area (Å²) in [5.41, 5.74) is 1.11. The van der Waals surface area contributed by atoms with E-state index in [-0.39, 0.29) is 18.4 Å². The van der Waals surface area contributed by atoms with Crippen molar-refractivity contribution >= 4 is 0 Å². The van der Waals surface area contributed by atoms with Crippen LogP contribution in [0.5, 0.6) is 0 Å². The lowest BCUT2D eigenvalue weighted by Gasteiger charge is -2.38. The molecule has 3 atom stereocenters. The molecule has 1 saturated carbocycles. The molecule has 0 amide bonds. The van der Waals surface area contributed by atoms with E-state index in [1.165, 1.54) is 0 Å². The van der Waals surface area contributed by atoms with Crippen molar-refractivity contribution < 1.29 is 13.2 Å². The van der Waals surface area contributed by atoms with Gasteiger partial charge in [0.25, 0.3) is 0 Å². The van der Waals surface area contributed by atoms with Gasteiger partial charge in [-0.2, -0.15) is 13.2 Å². The first kappa shape index (κ1) is 16.3. The Bertz CT molecular complexity index is 416. The molecule has 1 fully saturated rings. The Hall–Kier alpha value is -1.03. The summed E-state index contributed by atoms with van der Waals surface area (Å²) in [6, 6.07) is 9.72. The molecule has 0 heterocycles. The van der Waals surface area contributed by atoms with Crippen molar-refractivity contribution in [2.45, 2.75) is 51.2 Å². The monoisotopic (exact) mass is 299 g/mol. The third-order valence-corrected chi connectivity index (χ3v) is 4.52. The number of alkyl halides is 3. The highest BCUT2D eigenvalue weighted by molar-refractivity contribution is 5.16. The van der Waals surface area contributed by atoms with Crippen molar-refractivity contribution in [1.29, 1.82) is 0 Å². The van der Waals surface area contributed by atoms with Crippen molar-refractivity contribution in [3.05, 3.63) is 35.9 Å². The molecule has 1 aromatic rings. The van der Waals surface area contributed by atoms with Crippen LogP contribution < -0.4 is 5.32 Å². The first-order valence-corrected chi connectivity index (χ1v) is 7.86. The fourth-order valence-electron chi connectivity index (χ4n) is 3.55. The van der Waals surface area contributed by atoms with Gasteiger partial charge in [0.05, 0.1) is 5.92 Å². The number of rotatable bonds is 5. The molecule has 1 aromatic carbocycles. The Morgan fingerprint density at radius 3 is 2.43 bits per heavy atom. The zero-order valence-corrected chi connectivity index (χ0v) is 12.5. The highest BCUT2D eigenvalue weighted by Crippen LogP contribution is 2.43. The summed E-state index contributed by atoms with van der Waals surface area (Å²) in [5.74, 6) is -1.46. The van der Waals surface area contributed by atoms with Crippen molar-refractivity contribution in [3.8, 4) is 0 Å². The Morgan fingerprint density at radius 2 is 1.81 bits per heavy atom. The van der Waals surface area contributed by atoms with Crippen LogP contribution in [0, 0.1) is 11.8 Å². The molecule has 0 aromatic heterocycles. The highest BCUT2D eigenvalue weighted by atomic mass is 19.4. The predicted molar refractivity (Wildman–Crippen MR) is 79.1 cm³/mol. The van der Waals surface area contributed by atoms with Crippen LogP contribution in [0.15, 0.2) is 30.3 Å². The quantitative estimate of drug-likeness (QED) is 0.839. The SMILES string of the molecule is CCNC(Cc1ccccc1)C1CCCCC1C(F)(F)F. The predicted octanol–water partition coefficient (Wildman–Crippen LogP) is 4.58. The summed E-state index contributed by atoms with van der Waals surface area (Å²) in [6.45, 7) is 2.67. The molecule has 2 rings (SSSR count). The van der Waals surface area contributed by atoms with Crippen LogP contribution in [0.2, 0.25) is 0 Å². The summed E-state index contributed by atoms with van der Waals surface area (Å²) in [5, 5.41) is 3.30. The number of hydrogen-bond acceptors (Lipinski definition) is 1. The van der Waals surface area contributed by atoms with E-state index in [0.29, 0.717) is 25.8 Å². The van der Waals surface area contributed by atoms with Gasteiger partial charge in [-0.25, -0.2) is 0 Å². The number of halogens is 3. The molecular weight excluding hydrogens is 275 g/mol. The van der Waals surface area contributed by atoms with Gasteiger partial charge in [-0.1, -0.05) is 50.1 Å². The summed E-state index contributed by atoms with van der Waals surface area (Å²) in [6.07, 6.45) is -0.834. The number of nitrogens with one attached hydrogen (secondary N) is 1. The number of hydrogen-bond donors (Lipinski definition) is 1. The van der Waals surface area contributed by atoms with E-state index in [0.717, 1.165) is 12.0 Å². The largest absolute Gasteiger partial charge is 0.392 e. The second kappa shape index (κ2) is 7.30. The van der Waals surface area contributed by atoms with Gasteiger partial charge in [-0.15, -0.1) is 0 Å². The molecule has 118 valence electrons. The molecule has 0 spiro atoms. The molecule has 1 aliphatic carbocycles. The van der Waals surface area contributed by atoms with Gasteiger partial charge in [0, 0.05) is 6.04 Å². The van der Waals surface area contributed by atoms with Crippen molar-refractivity contribution in [3.63, 3.8) is 0 Å². The molecule has 1 nitrogen and oxygen atoms in total. The minimum absolute atomic E-state index is 0.0932. The number of likely N-dealkylation sites (N-methyl/N-ethyl adjacent to an activating group) is 1. The van der Waals surface area contributed by atoms with Crippen LogP contribution in [0.4, 0.5) is 13.2 Å². The zero-order valence-electron chi connectivity index (χ0n) is 12.5. The minimum Gasteiger partial charge on any atom is -0.314 e. The fraction of sp³-hybridized carbons (Fsp3) is 0.647. The van der Waals surface area contributed by atoms with Crippen LogP contribution in [0.25, 0.3) is 0 Å². The third kappa shape index (κ3) is 4.47. The second-order valence-electron chi connectivity index (χ2n) is 5.95. The first-order valence-electron chi connectivity index (χ1n) is 7.86. The third-order valence-electron chi connectivity index (χ3n) is 4.52. The summed E-state index contributed by atoms with van der Waals surface area (Å²) >= 11 is 0. The normalized spacial score (nSPS) is 24.8. The van der Waals surface area contributed by atoms with E-state index in [2.05, 4.69) is 5.32 Å². The van der Waals surface area contributed by atoms with Crippen LogP contribution in [-0.4, -0.2) is 18.8 Å². The van der Waals surface area contributed by atoms with E-state index in [4.69, 9.17) is 0 Å². The van der Waals surface area contributed by atoms with Gasteiger partial charge in [0.15, 0.2) is 0 Å². The van der Waals surface area contributed by atoms with E-state index < -0.39 is 12.1 Å². The Balaban J connectivity index is 2.15. The zero-order chi connectivity index (χ0) is 15.3. The van der Waals surface area contributed by atoms with Gasteiger partial charge in [-0.3, -0.25) is 0 Å². The van der Waals surface area contributed by atoms with E-state index in [1.54, 1.807) is 0 Å². The minimum atomic E-state index is -4.07. The second-order valence-corrected chi connectivity index (χ2v) is 5.95. The molecule has 4 heteroatoms. The average molecular weight is 299 g/mol. The van der Waals surface area contributed by atoms with Crippen molar-refractivity contribution in [1.82, 2.24) is 5.32 Å². The smallest absolute Gasteiger partial charge is 0.314 e. The van der Waals surface area contributed by atoms with Gasteiger partial charge >= 0.3 is 6.18 Å². The molecule has 0 saturated heterocycles. The molecule has 21 heavy (non-hydrogen) atoms. The number of benzene rings is 1. The Morgan fingerprint density at radius 1 is 1.14 bits per heavy atom. The van der Waals surface area contributed by atoms with Crippen LogP contribution in [0.3, 0.4) is 0 Å².